The van der Waals surface area contributed by atoms with Crippen molar-refractivity contribution in [1.29, 1.82) is 0 Å². The highest BCUT2D eigenvalue weighted by atomic mass is 35.5. The molecule has 148 valence electrons. The van der Waals surface area contributed by atoms with Crippen molar-refractivity contribution >= 4 is 34.9 Å². The van der Waals surface area contributed by atoms with Crippen molar-refractivity contribution in [3.8, 4) is 0 Å². The maximum Gasteiger partial charge on any atom is 0.338 e. The van der Waals surface area contributed by atoms with Gasteiger partial charge < -0.3 is 10.1 Å². The number of nitro benzene ring substituents is 1. The Kier molecular flexibility index (Phi) is 7.12. The van der Waals surface area contributed by atoms with Crippen LogP contribution in [0.5, 0.6) is 0 Å². The van der Waals surface area contributed by atoms with Crippen molar-refractivity contribution in [1.82, 2.24) is 0 Å². The molecule has 1 amide bonds. The first-order chi connectivity index (χ1) is 13.3. The molecule has 0 heterocycles. The number of halogens is 1. The van der Waals surface area contributed by atoms with Crippen LogP contribution < -0.4 is 5.32 Å². The van der Waals surface area contributed by atoms with E-state index in [1.165, 1.54) is 6.07 Å². The molecule has 1 N–H and O–H groups in total. The summed E-state index contributed by atoms with van der Waals surface area (Å²) in [6, 6.07) is 7.10. The Bertz CT molecular complexity index is 927. The van der Waals surface area contributed by atoms with Gasteiger partial charge in [0.2, 0.25) is 0 Å². The number of esters is 1. The number of ether oxygens (including phenoxy) is 1. The maximum atomic E-state index is 12.8. The Morgan fingerprint density at radius 2 is 1.79 bits per heavy atom. The van der Waals surface area contributed by atoms with Crippen LogP contribution in [-0.4, -0.2) is 23.4 Å². The number of aryl methyl sites for hydroxylation is 1. The zero-order chi connectivity index (χ0) is 20.8. The van der Waals surface area contributed by atoms with Crippen LogP contribution in [0.15, 0.2) is 30.3 Å². The number of hydrogen-bond acceptors (Lipinski definition) is 5. The second-order valence-electron chi connectivity index (χ2n) is 5.97. The lowest BCUT2D eigenvalue weighted by Gasteiger charge is -2.16. The van der Waals surface area contributed by atoms with Crippen molar-refractivity contribution in [2.45, 2.75) is 33.6 Å². The second-order valence-corrected chi connectivity index (χ2v) is 6.37. The average Bonchev–Trinajstić information content (AvgIpc) is 2.68. The van der Waals surface area contributed by atoms with Crippen molar-refractivity contribution < 1.29 is 19.2 Å². The number of benzene rings is 2. The van der Waals surface area contributed by atoms with Crippen LogP contribution in [0.4, 0.5) is 11.4 Å². The summed E-state index contributed by atoms with van der Waals surface area (Å²) in [5.41, 5.74) is 1.83. The molecule has 28 heavy (non-hydrogen) atoms. The minimum absolute atomic E-state index is 0.0127. The summed E-state index contributed by atoms with van der Waals surface area (Å²) >= 11 is 6.25. The molecular formula is C20H21ClN2O5. The zero-order valence-corrected chi connectivity index (χ0v) is 16.6. The van der Waals surface area contributed by atoms with E-state index in [4.69, 9.17) is 16.3 Å². The van der Waals surface area contributed by atoms with Crippen LogP contribution in [-0.2, 0) is 17.6 Å². The van der Waals surface area contributed by atoms with E-state index in [1.54, 1.807) is 13.0 Å². The highest BCUT2D eigenvalue weighted by Crippen LogP contribution is 2.30. The van der Waals surface area contributed by atoms with Gasteiger partial charge in [0, 0.05) is 28.4 Å². The molecule has 2 aromatic rings. The van der Waals surface area contributed by atoms with Gasteiger partial charge in [-0.05, 0) is 43.0 Å². The van der Waals surface area contributed by atoms with Gasteiger partial charge in [-0.2, -0.15) is 0 Å². The van der Waals surface area contributed by atoms with E-state index in [1.807, 2.05) is 19.9 Å². The molecule has 0 radical (unpaired) electrons. The van der Waals surface area contributed by atoms with Crippen molar-refractivity contribution in [3.05, 3.63) is 67.7 Å². The summed E-state index contributed by atoms with van der Waals surface area (Å²) in [7, 11) is 0. The van der Waals surface area contributed by atoms with Gasteiger partial charge in [-0.15, -0.1) is 0 Å². The van der Waals surface area contributed by atoms with Crippen LogP contribution in [0.25, 0.3) is 0 Å². The number of amides is 1. The third kappa shape index (κ3) is 4.67. The van der Waals surface area contributed by atoms with Gasteiger partial charge in [-0.3, -0.25) is 14.9 Å². The highest BCUT2D eigenvalue weighted by Gasteiger charge is 2.20. The van der Waals surface area contributed by atoms with Gasteiger partial charge in [0.05, 0.1) is 17.1 Å². The van der Waals surface area contributed by atoms with E-state index >= 15 is 0 Å². The Hall–Kier alpha value is -2.93. The minimum Gasteiger partial charge on any atom is -0.462 e. The largest absolute Gasteiger partial charge is 0.462 e. The third-order valence-electron chi connectivity index (χ3n) is 4.22. The Balaban J connectivity index is 2.49. The molecule has 0 spiro atoms. The lowest BCUT2D eigenvalue weighted by atomic mass is 10.0. The van der Waals surface area contributed by atoms with Crippen LogP contribution in [0.2, 0.25) is 5.02 Å². The monoisotopic (exact) mass is 404 g/mol. The molecule has 7 nitrogen and oxygen atoms in total. The predicted octanol–water partition coefficient (Wildman–Crippen LogP) is 4.80. The van der Waals surface area contributed by atoms with Crippen LogP contribution in [0.1, 0.15) is 52.6 Å². The fourth-order valence-electron chi connectivity index (χ4n) is 2.83. The molecule has 0 atom stereocenters. The average molecular weight is 405 g/mol. The number of nitrogens with one attached hydrogen (secondary N) is 1. The number of rotatable bonds is 7. The van der Waals surface area contributed by atoms with Gasteiger partial charge in [-0.1, -0.05) is 31.5 Å². The standard InChI is InChI=1S/C20H21ClN2O5/c1-4-12-7-8-17(21)16(5-2)18(12)22-19(24)13-9-14(20(25)28-6-3)11-15(10-13)23(26)27/h7-11H,4-6H2,1-3H3,(H,22,24). The summed E-state index contributed by atoms with van der Waals surface area (Å²) < 4.78 is 4.89. The molecule has 0 saturated carbocycles. The summed E-state index contributed by atoms with van der Waals surface area (Å²) in [5, 5.41) is 14.5. The number of nitro groups is 1. The third-order valence-corrected chi connectivity index (χ3v) is 4.57. The van der Waals surface area contributed by atoms with E-state index in [0.29, 0.717) is 23.6 Å². The van der Waals surface area contributed by atoms with E-state index < -0.39 is 16.8 Å². The zero-order valence-electron chi connectivity index (χ0n) is 15.9. The molecule has 0 saturated heterocycles. The number of non-ortho nitro benzene ring substituents is 1. The lowest BCUT2D eigenvalue weighted by molar-refractivity contribution is -0.384. The molecule has 0 aliphatic heterocycles. The fraction of sp³-hybridized carbons (Fsp3) is 0.300. The van der Waals surface area contributed by atoms with Gasteiger partial charge >= 0.3 is 5.97 Å². The van der Waals surface area contributed by atoms with Gasteiger partial charge in [0.25, 0.3) is 11.6 Å². The van der Waals surface area contributed by atoms with E-state index in [9.17, 15) is 19.7 Å². The van der Waals surface area contributed by atoms with Gasteiger partial charge in [0.1, 0.15) is 0 Å². The molecule has 0 aromatic heterocycles. The van der Waals surface area contributed by atoms with Crippen molar-refractivity contribution in [2.24, 2.45) is 0 Å². The molecular weight excluding hydrogens is 384 g/mol. The number of carbonyl (C=O) groups excluding carboxylic acids is 2. The number of hydrogen-bond donors (Lipinski definition) is 1. The van der Waals surface area contributed by atoms with Crippen LogP contribution in [0, 0.1) is 10.1 Å². The first kappa shape index (κ1) is 21.4. The SMILES string of the molecule is CCOC(=O)c1cc(C(=O)Nc2c(CC)ccc(Cl)c2CC)cc([N+](=O)[O-])c1. The van der Waals surface area contributed by atoms with Gasteiger partial charge in [-0.25, -0.2) is 4.79 Å². The number of nitrogens with zero attached hydrogens (tertiary/aromatic N) is 1. The second kappa shape index (κ2) is 9.32. The van der Waals surface area contributed by atoms with E-state index in [2.05, 4.69) is 5.32 Å². The molecule has 0 bridgehead atoms. The molecule has 2 aromatic carbocycles. The quantitative estimate of drug-likeness (QED) is 0.406. The molecule has 0 aliphatic carbocycles. The Morgan fingerprint density at radius 3 is 2.36 bits per heavy atom. The van der Waals surface area contributed by atoms with E-state index in [-0.39, 0.29) is 23.4 Å². The molecule has 2 rings (SSSR count). The van der Waals surface area contributed by atoms with Gasteiger partial charge in [0.15, 0.2) is 0 Å². The highest BCUT2D eigenvalue weighted by molar-refractivity contribution is 6.32. The smallest absolute Gasteiger partial charge is 0.338 e. The molecule has 8 heteroatoms. The summed E-state index contributed by atoms with van der Waals surface area (Å²) in [6.45, 7) is 5.61. The molecule has 0 unspecified atom stereocenters. The lowest BCUT2D eigenvalue weighted by Crippen LogP contribution is -2.16. The predicted molar refractivity (Wildman–Crippen MR) is 107 cm³/mol. The Morgan fingerprint density at radius 1 is 1.11 bits per heavy atom. The van der Waals surface area contributed by atoms with Crippen molar-refractivity contribution in [3.63, 3.8) is 0 Å². The first-order valence-electron chi connectivity index (χ1n) is 8.90. The number of anilines is 1. The molecule has 0 aliphatic rings. The number of carbonyl (C=O) groups is 2. The normalized spacial score (nSPS) is 10.4. The maximum absolute atomic E-state index is 12.8. The summed E-state index contributed by atoms with van der Waals surface area (Å²) in [4.78, 5) is 35.4. The molecule has 0 fully saturated rings. The summed E-state index contributed by atoms with van der Waals surface area (Å²) in [6.07, 6.45) is 1.27. The fourth-order valence-corrected chi connectivity index (χ4v) is 3.12. The first-order valence-corrected chi connectivity index (χ1v) is 9.28. The van der Waals surface area contributed by atoms with Crippen LogP contribution >= 0.6 is 11.6 Å². The van der Waals surface area contributed by atoms with Crippen molar-refractivity contribution in [2.75, 3.05) is 11.9 Å². The minimum atomic E-state index is -0.730. The van der Waals surface area contributed by atoms with Crippen LogP contribution in [0.3, 0.4) is 0 Å². The summed E-state index contributed by atoms with van der Waals surface area (Å²) in [5.74, 6) is -1.30. The Labute approximate surface area is 167 Å². The van der Waals surface area contributed by atoms with E-state index in [0.717, 1.165) is 23.3 Å². The topological polar surface area (TPSA) is 98.5 Å².